The van der Waals surface area contributed by atoms with Crippen molar-refractivity contribution in [3.8, 4) is 0 Å². The zero-order chi connectivity index (χ0) is 18.1. The van der Waals surface area contributed by atoms with E-state index in [4.69, 9.17) is 11.6 Å². The second kappa shape index (κ2) is 7.42. The first-order chi connectivity index (χ1) is 12.7. The van der Waals surface area contributed by atoms with Crippen LogP contribution in [0.15, 0.2) is 46.3 Å². The van der Waals surface area contributed by atoms with Crippen LogP contribution in [0.25, 0.3) is 16.7 Å². The number of thioether (sulfide) groups is 1. The van der Waals surface area contributed by atoms with Crippen LogP contribution < -0.4 is 5.56 Å². The molecule has 4 aromatic rings. The minimum absolute atomic E-state index is 0.00413. The van der Waals surface area contributed by atoms with Crippen molar-refractivity contribution in [2.24, 2.45) is 0 Å². The van der Waals surface area contributed by atoms with Gasteiger partial charge in [0.1, 0.15) is 0 Å². The lowest BCUT2D eigenvalue weighted by Crippen LogP contribution is -2.23. The number of para-hydroxylation sites is 1. The zero-order valence-corrected chi connectivity index (χ0v) is 16.6. The normalized spacial score (nSPS) is 11.6. The Balaban J connectivity index is 1.84. The first kappa shape index (κ1) is 17.6. The van der Waals surface area contributed by atoms with E-state index in [1.807, 2.05) is 40.8 Å². The van der Waals surface area contributed by atoms with Crippen LogP contribution in [0, 0.1) is 0 Å². The Morgan fingerprint density at radius 3 is 2.81 bits per heavy atom. The predicted octanol–water partition coefficient (Wildman–Crippen LogP) is 4.85. The van der Waals surface area contributed by atoms with Crippen molar-refractivity contribution >= 4 is 51.4 Å². The maximum Gasteiger partial charge on any atom is 0.262 e. The van der Waals surface area contributed by atoms with Crippen LogP contribution in [0.1, 0.15) is 24.6 Å². The fraction of sp³-hybridized carbons (Fsp3) is 0.278. The Bertz CT molecular complexity index is 1130. The lowest BCUT2D eigenvalue weighted by molar-refractivity contribution is 0.620. The standard InChI is InChI=1S/C18H17ClN4OS2/c1-2-3-10-22-16(24)13-6-4-5-7-14(13)23-17(22)20-21-18(23)25-11-12-8-9-15(19)26-12/h4-9H,2-3,10-11H2,1H3. The largest absolute Gasteiger partial charge is 0.276 e. The molecule has 5 nitrogen and oxygen atoms in total. The van der Waals surface area contributed by atoms with Gasteiger partial charge in [0, 0.05) is 17.2 Å². The van der Waals surface area contributed by atoms with Gasteiger partial charge in [0.15, 0.2) is 5.16 Å². The number of thiophene rings is 1. The summed E-state index contributed by atoms with van der Waals surface area (Å²) in [5.74, 6) is 1.37. The van der Waals surface area contributed by atoms with Crippen molar-refractivity contribution in [1.29, 1.82) is 0 Å². The fourth-order valence-electron chi connectivity index (χ4n) is 2.91. The van der Waals surface area contributed by atoms with Crippen molar-refractivity contribution < 1.29 is 0 Å². The number of aromatic nitrogens is 4. The summed E-state index contributed by atoms with van der Waals surface area (Å²) in [7, 11) is 0. The monoisotopic (exact) mass is 404 g/mol. The Morgan fingerprint density at radius 1 is 1.19 bits per heavy atom. The highest BCUT2D eigenvalue weighted by Crippen LogP contribution is 2.29. The summed E-state index contributed by atoms with van der Waals surface area (Å²) in [6.45, 7) is 2.76. The molecule has 4 rings (SSSR count). The minimum atomic E-state index is -0.00413. The van der Waals surface area contributed by atoms with E-state index in [1.54, 1.807) is 27.7 Å². The van der Waals surface area contributed by atoms with Crippen LogP contribution in [-0.4, -0.2) is 19.2 Å². The number of halogens is 1. The van der Waals surface area contributed by atoms with Crippen molar-refractivity contribution in [1.82, 2.24) is 19.2 Å². The number of unbranched alkanes of at least 4 members (excludes halogenated alkanes) is 1. The summed E-state index contributed by atoms with van der Waals surface area (Å²) in [6.07, 6.45) is 1.94. The molecule has 0 N–H and O–H groups in total. The molecule has 3 heterocycles. The third-order valence-electron chi connectivity index (χ3n) is 4.19. The van der Waals surface area contributed by atoms with E-state index in [2.05, 4.69) is 17.1 Å². The van der Waals surface area contributed by atoms with Gasteiger partial charge in [-0.25, -0.2) is 0 Å². The third-order valence-corrected chi connectivity index (χ3v) is 6.58. The van der Waals surface area contributed by atoms with Gasteiger partial charge in [-0.05, 0) is 30.7 Å². The molecule has 8 heteroatoms. The summed E-state index contributed by atoms with van der Waals surface area (Å²) in [6, 6.07) is 11.6. The molecule has 1 aromatic carbocycles. The Labute approximate surface area is 163 Å². The predicted molar refractivity (Wildman–Crippen MR) is 109 cm³/mol. The van der Waals surface area contributed by atoms with Gasteiger partial charge >= 0.3 is 0 Å². The van der Waals surface area contributed by atoms with E-state index in [0.29, 0.717) is 17.7 Å². The number of rotatable bonds is 6. The SMILES string of the molecule is CCCCn1c(=O)c2ccccc2n2c(SCc3ccc(Cl)s3)nnc12. The summed E-state index contributed by atoms with van der Waals surface area (Å²) in [4.78, 5) is 14.1. The number of hydrogen-bond donors (Lipinski definition) is 0. The maximum absolute atomic E-state index is 12.9. The van der Waals surface area contributed by atoms with Crippen LogP contribution >= 0.6 is 34.7 Å². The molecule has 3 aromatic heterocycles. The first-order valence-electron chi connectivity index (χ1n) is 8.42. The summed E-state index contributed by atoms with van der Waals surface area (Å²) in [5, 5.41) is 10.2. The molecule has 134 valence electrons. The molecule has 0 saturated carbocycles. The Morgan fingerprint density at radius 2 is 2.04 bits per heavy atom. The van der Waals surface area contributed by atoms with Crippen molar-refractivity contribution in [2.75, 3.05) is 0 Å². The van der Waals surface area contributed by atoms with Crippen molar-refractivity contribution in [3.63, 3.8) is 0 Å². The molecule has 0 saturated heterocycles. The van der Waals surface area contributed by atoms with E-state index in [1.165, 1.54) is 4.88 Å². The summed E-state index contributed by atoms with van der Waals surface area (Å²) < 4.78 is 4.52. The number of fused-ring (bicyclic) bond motifs is 3. The van der Waals surface area contributed by atoms with E-state index >= 15 is 0 Å². The van der Waals surface area contributed by atoms with E-state index in [0.717, 1.165) is 33.6 Å². The van der Waals surface area contributed by atoms with E-state index in [9.17, 15) is 4.79 Å². The van der Waals surface area contributed by atoms with Gasteiger partial charge in [0.25, 0.3) is 5.56 Å². The van der Waals surface area contributed by atoms with Gasteiger partial charge in [-0.15, -0.1) is 21.5 Å². The topological polar surface area (TPSA) is 52.2 Å². The molecule has 0 aliphatic rings. The average molecular weight is 405 g/mol. The number of aryl methyl sites for hydroxylation is 1. The van der Waals surface area contributed by atoms with Crippen LogP contribution in [0.4, 0.5) is 0 Å². The second-order valence-corrected chi connectivity index (χ2v) is 8.68. The zero-order valence-electron chi connectivity index (χ0n) is 14.2. The molecular weight excluding hydrogens is 388 g/mol. The molecule has 0 amide bonds. The highest BCUT2D eigenvalue weighted by atomic mass is 35.5. The van der Waals surface area contributed by atoms with Crippen molar-refractivity contribution in [3.05, 3.63) is 56.0 Å². The molecule has 0 unspecified atom stereocenters. The molecule has 0 spiro atoms. The lowest BCUT2D eigenvalue weighted by Gasteiger charge is -2.10. The van der Waals surface area contributed by atoms with Crippen molar-refractivity contribution in [2.45, 2.75) is 37.2 Å². The fourth-order valence-corrected chi connectivity index (χ4v) is 4.98. The summed E-state index contributed by atoms with van der Waals surface area (Å²) >= 11 is 9.19. The molecule has 26 heavy (non-hydrogen) atoms. The smallest absolute Gasteiger partial charge is 0.262 e. The van der Waals surface area contributed by atoms with Crippen LogP contribution in [0.3, 0.4) is 0 Å². The molecule has 0 bridgehead atoms. The molecule has 0 aliphatic heterocycles. The third kappa shape index (κ3) is 3.15. The lowest BCUT2D eigenvalue weighted by atomic mass is 10.2. The van der Waals surface area contributed by atoms with E-state index in [-0.39, 0.29) is 5.56 Å². The van der Waals surface area contributed by atoms with Crippen LogP contribution in [0.2, 0.25) is 4.34 Å². The Kier molecular flexibility index (Phi) is 5.02. The van der Waals surface area contributed by atoms with Gasteiger partial charge in [-0.3, -0.25) is 13.8 Å². The quantitative estimate of drug-likeness (QED) is 0.431. The number of benzene rings is 1. The molecule has 0 fully saturated rings. The number of nitrogens with zero attached hydrogens (tertiary/aromatic N) is 4. The van der Waals surface area contributed by atoms with Gasteiger partial charge in [0.05, 0.1) is 15.2 Å². The second-order valence-electron chi connectivity index (χ2n) is 5.94. The van der Waals surface area contributed by atoms with Gasteiger partial charge in [0.2, 0.25) is 5.78 Å². The molecular formula is C18H17ClN4OS2. The highest BCUT2D eigenvalue weighted by molar-refractivity contribution is 7.98. The number of hydrogen-bond acceptors (Lipinski definition) is 5. The average Bonchev–Trinajstić information content (AvgIpc) is 3.26. The summed E-state index contributed by atoms with van der Waals surface area (Å²) in [5.41, 5.74) is 0.840. The van der Waals surface area contributed by atoms with Gasteiger partial charge < -0.3 is 0 Å². The van der Waals surface area contributed by atoms with Crippen LogP contribution in [-0.2, 0) is 12.3 Å². The molecule has 0 atom stereocenters. The first-order valence-corrected chi connectivity index (χ1v) is 10.6. The van der Waals surface area contributed by atoms with E-state index < -0.39 is 0 Å². The maximum atomic E-state index is 12.9. The van der Waals surface area contributed by atoms with Gasteiger partial charge in [-0.1, -0.05) is 48.8 Å². The molecule has 0 radical (unpaired) electrons. The van der Waals surface area contributed by atoms with Crippen LogP contribution in [0.5, 0.6) is 0 Å². The van der Waals surface area contributed by atoms with Gasteiger partial charge in [-0.2, -0.15) is 0 Å². The molecule has 0 aliphatic carbocycles. The Hall–Kier alpha value is -1.83. The minimum Gasteiger partial charge on any atom is -0.276 e. The highest BCUT2D eigenvalue weighted by Gasteiger charge is 2.16.